The summed E-state index contributed by atoms with van der Waals surface area (Å²) in [7, 11) is 0. The third kappa shape index (κ3) is 1.30. The lowest BCUT2D eigenvalue weighted by molar-refractivity contribution is -0.114. The van der Waals surface area contributed by atoms with Crippen LogP contribution < -0.4 is 0 Å². The molecular formula is C11H10O. The Morgan fingerprint density at radius 1 is 1.17 bits per heavy atom. The van der Waals surface area contributed by atoms with Crippen molar-refractivity contribution in [3.8, 4) is 0 Å². The summed E-state index contributed by atoms with van der Waals surface area (Å²) < 4.78 is 0. The zero-order valence-corrected chi connectivity index (χ0v) is 6.73. The number of rotatable bonds is 1. The molecule has 1 aliphatic rings. The third-order valence-electron chi connectivity index (χ3n) is 2.16. The number of carbonyl (C=O) groups excluding carboxylic acids is 1. The van der Waals surface area contributed by atoms with Gasteiger partial charge in [0.15, 0.2) is 5.78 Å². The number of benzene rings is 1. The van der Waals surface area contributed by atoms with Crippen LogP contribution in [0.2, 0.25) is 0 Å². The zero-order chi connectivity index (χ0) is 8.39. The fourth-order valence-corrected chi connectivity index (χ4v) is 1.51. The molecule has 0 spiro atoms. The van der Waals surface area contributed by atoms with Crippen molar-refractivity contribution in [3.63, 3.8) is 0 Å². The second-order valence-electron chi connectivity index (χ2n) is 3.05. The Bertz CT molecular complexity index is 311. The van der Waals surface area contributed by atoms with Crippen molar-refractivity contribution in [2.75, 3.05) is 0 Å². The van der Waals surface area contributed by atoms with Gasteiger partial charge in [0.25, 0.3) is 0 Å². The molecule has 0 saturated carbocycles. The smallest absolute Gasteiger partial charge is 0.156 e. The van der Waals surface area contributed by atoms with Crippen molar-refractivity contribution in [3.05, 3.63) is 48.0 Å². The molecule has 0 aliphatic heterocycles. The molecule has 0 fully saturated rings. The Kier molecular flexibility index (Phi) is 1.78. The Labute approximate surface area is 71.7 Å². The molecule has 60 valence electrons. The number of allylic oxidation sites excluding steroid dienone is 2. The molecule has 1 heteroatoms. The standard InChI is InChI=1S/C11H10O/c12-11-7-6-10(8-11)9-4-2-1-3-5-9/h1-7,10H,8H2. The third-order valence-corrected chi connectivity index (χ3v) is 2.16. The summed E-state index contributed by atoms with van der Waals surface area (Å²) in [6, 6.07) is 10.1. The first-order valence-electron chi connectivity index (χ1n) is 4.12. The quantitative estimate of drug-likeness (QED) is 0.613. The van der Waals surface area contributed by atoms with E-state index in [-0.39, 0.29) is 5.78 Å². The molecular weight excluding hydrogens is 148 g/mol. The molecule has 1 aliphatic carbocycles. The lowest BCUT2D eigenvalue weighted by Gasteiger charge is -2.05. The van der Waals surface area contributed by atoms with Gasteiger partial charge >= 0.3 is 0 Å². The zero-order valence-electron chi connectivity index (χ0n) is 6.73. The van der Waals surface area contributed by atoms with Gasteiger partial charge in [-0.1, -0.05) is 36.4 Å². The summed E-state index contributed by atoms with van der Waals surface area (Å²) >= 11 is 0. The van der Waals surface area contributed by atoms with Gasteiger partial charge in [-0.25, -0.2) is 0 Å². The maximum atomic E-state index is 10.9. The summed E-state index contributed by atoms with van der Waals surface area (Å²) in [4.78, 5) is 10.9. The van der Waals surface area contributed by atoms with Gasteiger partial charge in [0.2, 0.25) is 0 Å². The molecule has 1 nitrogen and oxygen atoms in total. The van der Waals surface area contributed by atoms with Crippen molar-refractivity contribution in [1.29, 1.82) is 0 Å². The van der Waals surface area contributed by atoms with Crippen LogP contribution in [-0.2, 0) is 4.79 Å². The van der Waals surface area contributed by atoms with Gasteiger partial charge in [-0.3, -0.25) is 4.79 Å². The number of ketones is 1. The van der Waals surface area contributed by atoms with Gasteiger partial charge in [-0.2, -0.15) is 0 Å². The summed E-state index contributed by atoms with van der Waals surface area (Å²) in [5, 5.41) is 0. The molecule has 0 N–H and O–H groups in total. The fourth-order valence-electron chi connectivity index (χ4n) is 1.51. The largest absolute Gasteiger partial charge is 0.295 e. The first-order valence-corrected chi connectivity index (χ1v) is 4.12. The normalized spacial score (nSPS) is 21.7. The lowest BCUT2D eigenvalue weighted by atomic mass is 9.99. The van der Waals surface area contributed by atoms with E-state index in [0.717, 1.165) is 0 Å². The van der Waals surface area contributed by atoms with Gasteiger partial charge in [0.05, 0.1) is 0 Å². The predicted octanol–water partition coefficient (Wildman–Crippen LogP) is 2.30. The van der Waals surface area contributed by atoms with E-state index < -0.39 is 0 Å². The summed E-state index contributed by atoms with van der Waals surface area (Å²) in [5.74, 6) is 0.558. The van der Waals surface area contributed by atoms with E-state index in [2.05, 4.69) is 12.1 Å². The van der Waals surface area contributed by atoms with Gasteiger partial charge in [0.1, 0.15) is 0 Å². The second kappa shape index (κ2) is 2.94. The number of carbonyl (C=O) groups is 1. The average Bonchev–Trinajstić information content (AvgIpc) is 2.54. The topological polar surface area (TPSA) is 17.1 Å². The molecule has 2 rings (SSSR count). The van der Waals surface area contributed by atoms with Crippen LogP contribution in [0.15, 0.2) is 42.5 Å². The Morgan fingerprint density at radius 2 is 1.92 bits per heavy atom. The van der Waals surface area contributed by atoms with E-state index in [4.69, 9.17) is 0 Å². The highest BCUT2D eigenvalue weighted by Gasteiger charge is 2.16. The first kappa shape index (κ1) is 7.29. The highest BCUT2D eigenvalue weighted by molar-refractivity contribution is 5.93. The van der Waals surface area contributed by atoms with Crippen molar-refractivity contribution in [2.24, 2.45) is 0 Å². The monoisotopic (exact) mass is 158 g/mol. The van der Waals surface area contributed by atoms with Crippen LogP contribution in [0.5, 0.6) is 0 Å². The van der Waals surface area contributed by atoms with E-state index in [1.165, 1.54) is 5.56 Å². The second-order valence-corrected chi connectivity index (χ2v) is 3.05. The molecule has 0 radical (unpaired) electrons. The minimum absolute atomic E-state index is 0.240. The molecule has 1 atom stereocenters. The highest BCUT2D eigenvalue weighted by Crippen LogP contribution is 2.25. The summed E-state index contributed by atoms with van der Waals surface area (Å²) in [6.45, 7) is 0. The molecule has 0 heterocycles. The van der Waals surface area contributed by atoms with Crippen LogP contribution in [-0.4, -0.2) is 5.78 Å². The molecule has 1 unspecified atom stereocenters. The number of hydrogen-bond acceptors (Lipinski definition) is 1. The van der Waals surface area contributed by atoms with Crippen LogP contribution in [0.3, 0.4) is 0 Å². The fraction of sp³-hybridized carbons (Fsp3) is 0.182. The number of hydrogen-bond donors (Lipinski definition) is 0. The Balaban J connectivity index is 2.23. The minimum atomic E-state index is 0.240. The minimum Gasteiger partial charge on any atom is -0.295 e. The Hall–Kier alpha value is -1.37. The molecule has 0 aromatic heterocycles. The Morgan fingerprint density at radius 3 is 2.50 bits per heavy atom. The maximum Gasteiger partial charge on any atom is 0.156 e. The van der Waals surface area contributed by atoms with Crippen molar-refractivity contribution >= 4 is 5.78 Å². The SMILES string of the molecule is O=C1C=CC(c2ccccc2)C1. The van der Waals surface area contributed by atoms with Gasteiger partial charge in [-0.05, 0) is 11.6 Å². The van der Waals surface area contributed by atoms with E-state index in [1.54, 1.807) is 6.08 Å². The van der Waals surface area contributed by atoms with Crippen LogP contribution >= 0.6 is 0 Å². The molecule has 0 saturated heterocycles. The van der Waals surface area contributed by atoms with E-state index in [9.17, 15) is 4.79 Å². The van der Waals surface area contributed by atoms with E-state index in [1.807, 2.05) is 24.3 Å². The van der Waals surface area contributed by atoms with Gasteiger partial charge in [-0.15, -0.1) is 0 Å². The van der Waals surface area contributed by atoms with Gasteiger partial charge < -0.3 is 0 Å². The average molecular weight is 158 g/mol. The van der Waals surface area contributed by atoms with Gasteiger partial charge in [0, 0.05) is 12.3 Å². The molecule has 1 aromatic carbocycles. The first-order chi connectivity index (χ1) is 5.86. The predicted molar refractivity (Wildman–Crippen MR) is 47.9 cm³/mol. The van der Waals surface area contributed by atoms with Crippen LogP contribution in [0.4, 0.5) is 0 Å². The highest BCUT2D eigenvalue weighted by atomic mass is 16.1. The maximum absolute atomic E-state index is 10.9. The van der Waals surface area contributed by atoms with Crippen LogP contribution in [0, 0.1) is 0 Å². The van der Waals surface area contributed by atoms with E-state index >= 15 is 0 Å². The molecule has 1 aromatic rings. The molecule has 12 heavy (non-hydrogen) atoms. The van der Waals surface area contributed by atoms with Crippen molar-refractivity contribution in [1.82, 2.24) is 0 Å². The summed E-state index contributed by atoms with van der Waals surface area (Å²) in [5.41, 5.74) is 1.24. The van der Waals surface area contributed by atoms with E-state index in [0.29, 0.717) is 12.3 Å². The van der Waals surface area contributed by atoms with Crippen molar-refractivity contribution < 1.29 is 4.79 Å². The molecule has 0 amide bonds. The van der Waals surface area contributed by atoms with Crippen LogP contribution in [0.1, 0.15) is 17.9 Å². The van der Waals surface area contributed by atoms with Crippen molar-refractivity contribution in [2.45, 2.75) is 12.3 Å². The van der Waals surface area contributed by atoms with Crippen LogP contribution in [0.25, 0.3) is 0 Å². The lowest BCUT2D eigenvalue weighted by Crippen LogP contribution is -1.94. The summed E-state index contributed by atoms with van der Waals surface area (Å²) in [6.07, 6.45) is 4.30. The molecule has 0 bridgehead atoms.